The molecule has 134 valence electrons. The molecule has 2 rings (SSSR count). The Morgan fingerprint density at radius 2 is 2.17 bits per heavy atom. The molecule has 0 saturated carbocycles. The molecule has 1 saturated heterocycles. The lowest BCUT2D eigenvalue weighted by atomic mass is 10.1. The minimum Gasteiger partial charge on any atom is -0.491 e. The quantitative estimate of drug-likeness (QED) is 0.831. The highest BCUT2D eigenvalue weighted by Crippen LogP contribution is 2.20. The van der Waals surface area contributed by atoms with E-state index in [4.69, 9.17) is 9.84 Å². The van der Waals surface area contributed by atoms with Crippen LogP contribution in [0, 0.1) is 0 Å². The SMILES string of the molecule is CC(C)Oc1cccc(CN2CCCC(N(C)CC(=O)O)CC2)c1. The van der Waals surface area contributed by atoms with Crippen molar-refractivity contribution in [1.29, 1.82) is 0 Å². The van der Waals surface area contributed by atoms with E-state index in [9.17, 15) is 4.79 Å². The molecule has 1 fully saturated rings. The zero-order valence-electron chi connectivity index (χ0n) is 15.1. The molecular formula is C19H30N2O3. The summed E-state index contributed by atoms with van der Waals surface area (Å²) in [5, 5.41) is 8.96. The number of likely N-dealkylation sites (tertiary alicyclic amines) is 1. The lowest BCUT2D eigenvalue weighted by Crippen LogP contribution is -2.36. The molecule has 0 spiro atoms. The van der Waals surface area contributed by atoms with Crippen LogP contribution >= 0.6 is 0 Å². The third-order valence-electron chi connectivity index (χ3n) is 4.47. The van der Waals surface area contributed by atoms with Gasteiger partial charge in [0.1, 0.15) is 5.75 Å². The van der Waals surface area contributed by atoms with Crippen LogP contribution in [-0.2, 0) is 11.3 Å². The minimum atomic E-state index is -0.749. The van der Waals surface area contributed by atoms with Gasteiger partial charge in [0, 0.05) is 12.6 Å². The molecular weight excluding hydrogens is 304 g/mol. The van der Waals surface area contributed by atoms with Crippen molar-refractivity contribution in [3.63, 3.8) is 0 Å². The van der Waals surface area contributed by atoms with Crippen LogP contribution in [0.2, 0.25) is 0 Å². The smallest absolute Gasteiger partial charge is 0.317 e. The van der Waals surface area contributed by atoms with Crippen molar-refractivity contribution in [2.24, 2.45) is 0 Å². The molecule has 1 atom stereocenters. The highest BCUT2D eigenvalue weighted by atomic mass is 16.5. The van der Waals surface area contributed by atoms with Gasteiger partial charge >= 0.3 is 5.97 Å². The van der Waals surface area contributed by atoms with Crippen LogP contribution in [0.15, 0.2) is 24.3 Å². The molecule has 1 aromatic rings. The largest absolute Gasteiger partial charge is 0.491 e. The molecule has 0 radical (unpaired) electrons. The predicted molar refractivity (Wildman–Crippen MR) is 95.4 cm³/mol. The summed E-state index contributed by atoms with van der Waals surface area (Å²) in [6.07, 6.45) is 3.38. The molecule has 24 heavy (non-hydrogen) atoms. The fraction of sp³-hybridized carbons (Fsp3) is 0.632. The zero-order valence-corrected chi connectivity index (χ0v) is 15.1. The van der Waals surface area contributed by atoms with E-state index in [-0.39, 0.29) is 12.6 Å². The molecule has 5 heteroatoms. The molecule has 1 aliphatic heterocycles. The van der Waals surface area contributed by atoms with Crippen LogP contribution in [0.5, 0.6) is 5.75 Å². The van der Waals surface area contributed by atoms with Crippen molar-refractivity contribution in [3.8, 4) is 5.75 Å². The second-order valence-electron chi connectivity index (χ2n) is 6.98. The second-order valence-corrected chi connectivity index (χ2v) is 6.98. The van der Waals surface area contributed by atoms with Gasteiger partial charge in [0.25, 0.3) is 0 Å². The van der Waals surface area contributed by atoms with Crippen molar-refractivity contribution in [2.75, 3.05) is 26.7 Å². The van der Waals surface area contributed by atoms with E-state index in [1.807, 2.05) is 37.9 Å². The van der Waals surface area contributed by atoms with E-state index < -0.39 is 5.97 Å². The van der Waals surface area contributed by atoms with Gasteiger partial charge in [-0.25, -0.2) is 0 Å². The lowest BCUT2D eigenvalue weighted by molar-refractivity contribution is -0.138. The van der Waals surface area contributed by atoms with Crippen LogP contribution in [0.1, 0.15) is 38.7 Å². The summed E-state index contributed by atoms with van der Waals surface area (Å²) in [6.45, 7) is 7.19. The number of rotatable bonds is 7. The van der Waals surface area contributed by atoms with Gasteiger partial charge in [0.05, 0.1) is 12.6 Å². The Balaban J connectivity index is 1.89. The first-order valence-electron chi connectivity index (χ1n) is 8.84. The van der Waals surface area contributed by atoms with E-state index in [2.05, 4.69) is 17.0 Å². The Labute approximate surface area is 145 Å². The third kappa shape index (κ3) is 6.13. The summed E-state index contributed by atoms with van der Waals surface area (Å²) in [4.78, 5) is 15.3. The lowest BCUT2D eigenvalue weighted by Gasteiger charge is -2.25. The van der Waals surface area contributed by atoms with Gasteiger partial charge in [0.15, 0.2) is 0 Å². The number of nitrogens with zero attached hydrogens (tertiary/aromatic N) is 2. The molecule has 0 bridgehead atoms. The minimum absolute atomic E-state index is 0.124. The number of ether oxygens (including phenoxy) is 1. The molecule has 1 heterocycles. The number of carboxylic acids is 1. The summed E-state index contributed by atoms with van der Waals surface area (Å²) in [7, 11) is 1.92. The van der Waals surface area contributed by atoms with Gasteiger partial charge in [-0.1, -0.05) is 12.1 Å². The topological polar surface area (TPSA) is 53.0 Å². The van der Waals surface area contributed by atoms with Crippen molar-refractivity contribution in [3.05, 3.63) is 29.8 Å². The maximum atomic E-state index is 10.9. The van der Waals surface area contributed by atoms with Gasteiger partial charge in [-0.3, -0.25) is 14.6 Å². The molecule has 1 N–H and O–H groups in total. The van der Waals surface area contributed by atoms with Crippen LogP contribution in [0.3, 0.4) is 0 Å². The number of hydrogen-bond acceptors (Lipinski definition) is 4. The molecule has 0 amide bonds. The highest BCUT2D eigenvalue weighted by molar-refractivity contribution is 5.69. The third-order valence-corrected chi connectivity index (χ3v) is 4.47. The van der Waals surface area contributed by atoms with E-state index in [1.165, 1.54) is 5.56 Å². The van der Waals surface area contributed by atoms with Crippen LogP contribution in [0.25, 0.3) is 0 Å². The summed E-state index contributed by atoms with van der Waals surface area (Å²) >= 11 is 0. The molecule has 1 aliphatic rings. The maximum absolute atomic E-state index is 10.9. The van der Waals surface area contributed by atoms with Gasteiger partial charge in [-0.15, -0.1) is 0 Å². The van der Waals surface area contributed by atoms with Gasteiger partial charge < -0.3 is 9.84 Å². The van der Waals surface area contributed by atoms with Crippen molar-refractivity contribution >= 4 is 5.97 Å². The van der Waals surface area contributed by atoms with Crippen molar-refractivity contribution in [1.82, 2.24) is 9.80 Å². The number of hydrogen-bond donors (Lipinski definition) is 1. The van der Waals surface area contributed by atoms with E-state index in [0.717, 1.165) is 44.6 Å². The summed E-state index contributed by atoms with van der Waals surface area (Å²) in [5.74, 6) is 0.178. The van der Waals surface area contributed by atoms with Crippen LogP contribution < -0.4 is 4.74 Å². The molecule has 5 nitrogen and oxygen atoms in total. The number of carboxylic acid groups (broad SMARTS) is 1. The molecule has 0 aliphatic carbocycles. The second kappa shape index (κ2) is 9.04. The highest BCUT2D eigenvalue weighted by Gasteiger charge is 2.21. The fourth-order valence-electron chi connectivity index (χ4n) is 3.33. The summed E-state index contributed by atoms with van der Waals surface area (Å²) < 4.78 is 5.77. The Kier molecular flexibility index (Phi) is 7.06. The normalized spacial score (nSPS) is 19.5. The Morgan fingerprint density at radius 3 is 2.88 bits per heavy atom. The first-order valence-corrected chi connectivity index (χ1v) is 8.84. The zero-order chi connectivity index (χ0) is 17.5. The number of benzene rings is 1. The van der Waals surface area contributed by atoms with Gasteiger partial charge in [-0.05, 0) is 70.9 Å². The Hall–Kier alpha value is -1.59. The summed E-state index contributed by atoms with van der Waals surface area (Å²) in [5.41, 5.74) is 1.27. The molecule has 0 aromatic heterocycles. The van der Waals surface area contributed by atoms with Crippen LogP contribution in [0.4, 0.5) is 0 Å². The monoisotopic (exact) mass is 334 g/mol. The first kappa shape index (κ1) is 18.7. The maximum Gasteiger partial charge on any atom is 0.317 e. The Morgan fingerprint density at radius 1 is 1.38 bits per heavy atom. The first-order chi connectivity index (χ1) is 11.4. The average molecular weight is 334 g/mol. The standard InChI is InChI=1S/C19H30N2O3/c1-15(2)24-18-8-4-6-16(12-18)13-21-10-5-7-17(9-11-21)20(3)14-19(22)23/h4,6,8,12,15,17H,5,7,9-11,13-14H2,1-3H3,(H,22,23). The molecule has 1 aromatic carbocycles. The van der Waals surface area contributed by atoms with Gasteiger partial charge in [0.2, 0.25) is 0 Å². The predicted octanol–water partition coefficient (Wildman–Crippen LogP) is 2.84. The van der Waals surface area contributed by atoms with Crippen molar-refractivity contribution in [2.45, 2.75) is 51.8 Å². The molecule has 1 unspecified atom stereocenters. The summed E-state index contributed by atoms with van der Waals surface area (Å²) in [6, 6.07) is 8.68. The van der Waals surface area contributed by atoms with Crippen molar-refractivity contribution < 1.29 is 14.6 Å². The van der Waals surface area contributed by atoms with E-state index in [1.54, 1.807) is 0 Å². The number of likely N-dealkylation sites (N-methyl/N-ethyl adjacent to an activating group) is 1. The van der Waals surface area contributed by atoms with Gasteiger partial charge in [-0.2, -0.15) is 0 Å². The average Bonchev–Trinajstić information content (AvgIpc) is 2.72. The number of carbonyl (C=O) groups is 1. The Bertz CT molecular complexity index is 533. The number of aliphatic carboxylic acids is 1. The fourth-order valence-corrected chi connectivity index (χ4v) is 3.33. The van der Waals surface area contributed by atoms with E-state index in [0.29, 0.717) is 6.04 Å². The van der Waals surface area contributed by atoms with Crippen LogP contribution in [-0.4, -0.2) is 59.7 Å². The van der Waals surface area contributed by atoms with E-state index >= 15 is 0 Å².